The first-order valence-corrected chi connectivity index (χ1v) is 4.80. The van der Waals surface area contributed by atoms with Gasteiger partial charge in [0.05, 0.1) is 17.7 Å². The van der Waals surface area contributed by atoms with Crippen molar-refractivity contribution >= 4 is 11.6 Å². The van der Waals surface area contributed by atoms with Crippen molar-refractivity contribution in [3.8, 4) is 11.5 Å². The molecule has 78 valence electrons. The van der Waals surface area contributed by atoms with E-state index in [1.54, 1.807) is 12.1 Å². The number of hydrogen-bond donors (Lipinski definition) is 2. The summed E-state index contributed by atoms with van der Waals surface area (Å²) in [5, 5.41) is 10.0. The minimum atomic E-state index is -0.261. The highest BCUT2D eigenvalue weighted by atomic mass is 35.5. The second-order valence-corrected chi connectivity index (χ2v) is 3.43. The largest absolute Gasteiger partial charge is 0.506 e. The summed E-state index contributed by atoms with van der Waals surface area (Å²) in [6.45, 7) is 1.93. The number of hydrogen-bond acceptors (Lipinski definition) is 3. The zero-order valence-corrected chi connectivity index (χ0v) is 9.01. The van der Waals surface area contributed by atoms with Gasteiger partial charge in [-0.25, -0.2) is 0 Å². The summed E-state index contributed by atoms with van der Waals surface area (Å²) in [6, 6.07) is 3.03. The molecule has 1 rings (SSSR count). The lowest BCUT2D eigenvalue weighted by Gasteiger charge is -2.16. The van der Waals surface area contributed by atoms with Gasteiger partial charge in [0.15, 0.2) is 0 Å². The Bertz CT molecular complexity index is 328. The van der Waals surface area contributed by atoms with Gasteiger partial charge in [0.1, 0.15) is 11.5 Å². The minimum absolute atomic E-state index is 0.0142. The highest BCUT2D eigenvalue weighted by Crippen LogP contribution is 2.38. The van der Waals surface area contributed by atoms with E-state index >= 15 is 0 Å². The molecular weight excluding hydrogens is 202 g/mol. The van der Waals surface area contributed by atoms with Crippen molar-refractivity contribution in [3.63, 3.8) is 0 Å². The Hall–Kier alpha value is -0.930. The predicted octanol–water partition coefficient (Wildman–Crippen LogP) is 2.46. The fourth-order valence-corrected chi connectivity index (χ4v) is 1.47. The standard InChI is InChI=1S/C10H14ClNO2/c1-3-7(12)9-8(14-2)5-4-6(11)10(9)13/h4-5,7,13H,3,12H2,1-2H3/t7-/m0/s1. The van der Waals surface area contributed by atoms with Crippen molar-refractivity contribution in [2.24, 2.45) is 5.73 Å². The monoisotopic (exact) mass is 215 g/mol. The molecule has 0 unspecified atom stereocenters. The molecule has 1 aromatic rings. The first-order valence-electron chi connectivity index (χ1n) is 4.42. The highest BCUT2D eigenvalue weighted by molar-refractivity contribution is 6.32. The van der Waals surface area contributed by atoms with Gasteiger partial charge >= 0.3 is 0 Å². The fourth-order valence-electron chi connectivity index (χ4n) is 1.30. The number of phenols is 1. The number of nitrogens with two attached hydrogens (primary N) is 1. The van der Waals surface area contributed by atoms with Crippen molar-refractivity contribution in [2.45, 2.75) is 19.4 Å². The topological polar surface area (TPSA) is 55.5 Å². The second kappa shape index (κ2) is 4.53. The average Bonchev–Trinajstić information content (AvgIpc) is 2.20. The lowest BCUT2D eigenvalue weighted by Crippen LogP contribution is -2.10. The van der Waals surface area contributed by atoms with Crippen LogP contribution in [-0.2, 0) is 0 Å². The van der Waals surface area contributed by atoms with Crippen LogP contribution in [0.25, 0.3) is 0 Å². The third-order valence-electron chi connectivity index (χ3n) is 2.16. The van der Waals surface area contributed by atoms with Gasteiger partial charge in [0.2, 0.25) is 0 Å². The van der Waals surface area contributed by atoms with Gasteiger partial charge in [0, 0.05) is 6.04 Å². The van der Waals surface area contributed by atoms with E-state index in [0.717, 1.165) is 0 Å². The Morgan fingerprint density at radius 1 is 1.57 bits per heavy atom. The van der Waals surface area contributed by atoms with Crippen molar-refractivity contribution in [1.29, 1.82) is 0 Å². The van der Waals surface area contributed by atoms with Gasteiger partial charge in [-0.05, 0) is 18.6 Å². The molecule has 0 spiro atoms. The van der Waals surface area contributed by atoms with Gasteiger partial charge < -0.3 is 15.6 Å². The maximum atomic E-state index is 9.72. The van der Waals surface area contributed by atoms with Crippen LogP contribution in [0.4, 0.5) is 0 Å². The Kier molecular flexibility index (Phi) is 3.61. The van der Waals surface area contributed by atoms with Gasteiger partial charge in [0.25, 0.3) is 0 Å². The molecule has 0 bridgehead atoms. The van der Waals surface area contributed by atoms with Crippen molar-refractivity contribution in [2.75, 3.05) is 7.11 Å². The molecule has 14 heavy (non-hydrogen) atoms. The van der Waals surface area contributed by atoms with Crippen LogP contribution >= 0.6 is 11.6 Å². The molecule has 0 aromatic heterocycles. The van der Waals surface area contributed by atoms with Crippen molar-refractivity contribution in [3.05, 3.63) is 22.7 Å². The summed E-state index contributed by atoms with van der Waals surface area (Å²) in [5.74, 6) is 0.585. The molecule has 0 aliphatic heterocycles. The zero-order valence-electron chi connectivity index (χ0n) is 8.25. The number of benzene rings is 1. The maximum absolute atomic E-state index is 9.72. The quantitative estimate of drug-likeness (QED) is 0.815. The smallest absolute Gasteiger partial charge is 0.142 e. The minimum Gasteiger partial charge on any atom is -0.506 e. The van der Waals surface area contributed by atoms with E-state index in [0.29, 0.717) is 22.8 Å². The molecule has 3 N–H and O–H groups in total. The molecule has 0 fully saturated rings. The van der Waals surface area contributed by atoms with Gasteiger partial charge in [-0.2, -0.15) is 0 Å². The molecule has 0 heterocycles. The summed E-state index contributed by atoms with van der Waals surface area (Å²) >= 11 is 5.78. The van der Waals surface area contributed by atoms with Crippen molar-refractivity contribution < 1.29 is 9.84 Å². The molecule has 0 aliphatic carbocycles. The lowest BCUT2D eigenvalue weighted by molar-refractivity contribution is 0.392. The van der Waals surface area contributed by atoms with E-state index in [2.05, 4.69) is 0 Å². The number of methoxy groups -OCH3 is 1. The van der Waals surface area contributed by atoms with Gasteiger partial charge in [-0.1, -0.05) is 18.5 Å². The molecule has 0 amide bonds. The molecular formula is C10H14ClNO2. The van der Waals surface area contributed by atoms with Crippen LogP contribution in [0, 0.1) is 0 Å². The summed E-state index contributed by atoms with van der Waals surface area (Å²) in [4.78, 5) is 0. The molecule has 4 heteroatoms. The van der Waals surface area contributed by atoms with Gasteiger partial charge in [-0.15, -0.1) is 0 Å². The molecule has 0 saturated heterocycles. The zero-order chi connectivity index (χ0) is 10.7. The van der Waals surface area contributed by atoms with Crippen LogP contribution in [0.3, 0.4) is 0 Å². The van der Waals surface area contributed by atoms with Gasteiger partial charge in [-0.3, -0.25) is 0 Å². The summed E-state index contributed by atoms with van der Waals surface area (Å²) in [5.41, 5.74) is 6.41. The van der Waals surface area contributed by atoms with E-state index in [1.807, 2.05) is 6.92 Å². The van der Waals surface area contributed by atoms with Crippen LogP contribution in [-0.4, -0.2) is 12.2 Å². The van der Waals surface area contributed by atoms with Crippen LogP contribution in [0.1, 0.15) is 24.9 Å². The first-order chi connectivity index (χ1) is 6.61. The number of rotatable bonds is 3. The number of halogens is 1. The molecule has 0 radical (unpaired) electrons. The normalized spacial score (nSPS) is 12.6. The summed E-state index contributed by atoms with van der Waals surface area (Å²) in [6.07, 6.45) is 0.713. The van der Waals surface area contributed by atoms with E-state index in [1.165, 1.54) is 7.11 Å². The number of ether oxygens (including phenoxy) is 1. The Morgan fingerprint density at radius 3 is 2.71 bits per heavy atom. The van der Waals surface area contributed by atoms with Crippen LogP contribution in [0.2, 0.25) is 5.02 Å². The molecule has 1 aromatic carbocycles. The predicted molar refractivity (Wildman–Crippen MR) is 56.9 cm³/mol. The van der Waals surface area contributed by atoms with E-state index < -0.39 is 0 Å². The maximum Gasteiger partial charge on any atom is 0.142 e. The third kappa shape index (κ3) is 1.94. The fraction of sp³-hybridized carbons (Fsp3) is 0.400. The third-order valence-corrected chi connectivity index (χ3v) is 2.46. The molecule has 3 nitrogen and oxygen atoms in total. The number of aromatic hydroxyl groups is 1. The van der Waals surface area contributed by atoms with Crippen LogP contribution < -0.4 is 10.5 Å². The summed E-state index contributed by atoms with van der Waals surface area (Å²) < 4.78 is 5.11. The average molecular weight is 216 g/mol. The van der Waals surface area contributed by atoms with E-state index in [4.69, 9.17) is 22.1 Å². The highest BCUT2D eigenvalue weighted by Gasteiger charge is 2.17. The first kappa shape index (κ1) is 11.1. The molecule has 0 saturated carbocycles. The Morgan fingerprint density at radius 2 is 2.21 bits per heavy atom. The SMILES string of the molecule is CC[C@H](N)c1c(OC)ccc(Cl)c1O. The van der Waals surface area contributed by atoms with Crippen molar-refractivity contribution in [1.82, 2.24) is 0 Å². The Balaban J connectivity index is 3.27. The molecule has 1 atom stereocenters. The Labute approximate surface area is 88.4 Å². The number of phenolic OH excluding ortho intramolecular Hbond substituents is 1. The molecule has 0 aliphatic rings. The van der Waals surface area contributed by atoms with Crippen LogP contribution in [0.15, 0.2) is 12.1 Å². The van der Waals surface area contributed by atoms with Crippen LogP contribution in [0.5, 0.6) is 11.5 Å². The van der Waals surface area contributed by atoms with E-state index in [-0.39, 0.29) is 11.8 Å². The lowest BCUT2D eigenvalue weighted by atomic mass is 10.0. The van der Waals surface area contributed by atoms with E-state index in [9.17, 15) is 5.11 Å². The summed E-state index contributed by atoms with van der Waals surface area (Å²) in [7, 11) is 1.54. The second-order valence-electron chi connectivity index (χ2n) is 3.03.